The molecule has 0 aliphatic rings. The second-order valence-corrected chi connectivity index (χ2v) is 4.40. The van der Waals surface area contributed by atoms with Crippen LogP contribution in [0.1, 0.15) is 0 Å². The van der Waals surface area contributed by atoms with Crippen molar-refractivity contribution in [3.05, 3.63) is 30.5 Å². The average Bonchev–Trinajstić information content (AvgIpc) is 2.37. The highest BCUT2D eigenvalue weighted by Crippen LogP contribution is 2.31. The van der Waals surface area contributed by atoms with Gasteiger partial charge in [-0.3, -0.25) is 4.98 Å². The first-order chi connectivity index (χ1) is 9.49. The molecule has 1 aromatic heterocycles. The van der Waals surface area contributed by atoms with Crippen molar-refractivity contribution in [2.24, 2.45) is 27.2 Å². The van der Waals surface area contributed by atoms with Crippen molar-refractivity contribution in [3.63, 3.8) is 0 Å². The van der Waals surface area contributed by atoms with E-state index in [1.54, 1.807) is 6.20 Å². The summed E-state index contributed by atoms with van der Waals surface area (Å²) in [5.74, 6) is -0.119. The number of hydrogen-bond acceptors (Lipinski definition) is 3. The van der Waals surface area contributed by atoms with Gasteiger partial charge in [-0.1, -0.05) is 0 Å². The zero-order valence-electron chi connectivity index (χ0n) is 11.4. The number of fused-ring (bicyclic) bond motifs is 1. The van der Waals surface area contributed by atoms with E-state index in [0.717, 1.165) is 16.6 Å². The number of hydrogen-bond donors (Lipinski definition) is 3. The van der Waals surface area contributed by atoms with Crippen LogP contribution in [0.3, 0.4) is 0 Å². The standard InChI is InChI=1S/C13H17N7/c1-20(2)10-6-5-9(18-13(16)19-12(14)15)8-4-3-7-17-11(8)10/h3-7H,1-2H3,(H6,14,15,16,18,19). The summed E-state index contributed by atoms with van der Waals surface area (Å²) < 4.78 is 0. The molecule has 0 saturated carbocycles. The highest BCUT2D eigenvalue weighted by Gasteiger charge is 2.08. The van der Waals surface area contributed by atoms with Gasteiger partial charge in [0.15, 0.2) is 5.96 Å². The van der Waals surface area contributed by atoms with E-state index < -0.39 is 0 Å². The van der Waals surface area contributed by atoms with Gasteiger partial charge >= 0.3 is 0 Å². The predicted octanol–water partition coefficient (Wildman–Crippen LogP) is 0.520. The fourth-order valence-electron chi connectivity index (χ4n) is 1.88. The molecule has 2 rings (SSSR count). The quantitative estimate of drug-likeness (QED) is 0.543. The third kappa shape index (κ3) is 2.77. The number of nitrogens with zero attached hydrogens (tertiary/aromatic N) is 4. The predicted molar refractivity (Wildman–Crippen MR) is 83.2 cm³/mol. The van der Waals surface area contributed by atoms with Gasteiger partial charge in [-0.2, -0.15) is 4.99 Å². The minimum absolute atomic E-state index is 0.00718. The van der Waals surface area contributed by atoms with Crippen LogP contribution in [-0.4, -0.2) is 31.0 Å². The maximum atomic E-state index is 5.67. The molecule has 0 saturated heterocycles. The van der Waals surface area contributed by atoms with Crippen molar-refractivity contribution >= 4 is 34.2 Å². The van der Waals surface area contributed by atoms with Gasteiger partial charge in [-0.15, -0.1) is 0 Å². The number of benzene rings is 1. The molecular formula is C13H17N7. The third-order valence-corrected chi connectivity index (χ3v) is 2.69. The van der Waals surface area contributed by atoms with Gasteiger partial charge in [0.25, 0.3) is 0 Å². The summed E-state index contributed by atoms with van der Waals surface area (Å²) in [7, 11) is 3.92. The Morgan fingerprint density at radius 1 is 1.15 bits per heavy atom. The van der Waals surface area contributed by atoms with Crippen LogP contribution in [0.5, 0.6) is 0 Å². The van der Waals surface area contributed by atoms with Crippen molar-refractivity contribution < 1.29 is 0 Å². The van der Waals surface area contributed by atoms with Crippen molar-refractivity contribution in [3.8, 4) is 0 Å². The molecule has 0 aliphatic carbocycles. The van der Waals surface area contributed by atoms with E-state index in [1.165, 1.54) is 0 Å². The normalized spacial score (nSPS) is 11.4. The van der Waals surface area contributed by atoms with Crippen LogP contribution in [0.4, 0.5) is 11.4 Å². The van der Waals surface area contributed by atoms with Crippen molar-refractivity contribution in [2.75, 3.05) is 19.0 Å². The topological polar surface area (TPSA) is 119 Å². The molecule has 0 fully saturated rings. The minimum Gasteiger partial charge on any atom is -0.376 e. The van der Waals surface area contributed by atoms with Crippen LogP contribution in [0.15, 0.2) is 40.4 Å². The van der Waals surface area contributed by atoms with Gasteiger partial charge in [-0.05, 0) is 24.3 Å². The molecular weight excluding hydrogens is 254 g/mol. The maximum absolute atomic E-state index is 5.67. The lowest BCUT2D eigenvalue weighted by Crippen LogP contribution is -2.26. The summed E-state index contributed by atoms with van der Waals surface area (Å²) in [6, 6.07) is 7.56. The summed E-state index contributed by atoms with van der Waals surface area (Å²) >= 11 is 0. The Bertz CT molecular complexity index is 684. The number of rotatable bonds is 2. The SMILES string of the molecule is CN(C)c1ccc(N=C(N)N=C(N)N)c2cccnc12. The van der Waals surface area contributed by atoms with Crippen molar-refractivity contribution in [2.45, 2.75) is 0 Å². The molecule has 0 bridgehead atoms. The molecule has 1 heterocycles. The summed E-state index contributed by atoms with van der Waals surface area (Å²) in [6.45, 7) is 0. The van der Waals surface area contributed by atoms with E-state index >= 15 is 0 Å². The molecule has 2 aromatic rings. The van der Waals surface area contributed by atoms with Crippen LogP contribution in [0, 0.1) is 0 Å². The van der Waals surface area contributed by atoms with E-state index in [4.69, 9.17) is 17.2 Å². The van der Waals surface area contributed by atoms with Gasteiger partial charge in [0, 0.05) is 25.7 Å². The van der Waals surface area contributed by atoms with Gasteiger partial charge in [-0.25, -0.2) is 4.99 Å². The molecule has 0 radical (unpaired) electrons. The smallest absolute Gasteiger partial charge is 0.223 e. The monoisotopic (exact) mass is 271 g/mol. The molecule has 7 heteroatoms. The van der Waals surface area contributed by atoms with Crippen LogP contribution >= 0.6 is 0 Å². The van der Waals surface area contributed by atoms with Crippen LogP contribution in [0.25, 0.3) is 10.9 Å². The summed E-state index contributed by atoms with van der Waals surface area (Å²) in [6.07, 6.45) is 1.74. The summed E-state index contributed by atoms with van der Waals surface area (Å²) in [5, 5.41) is 0.882. The Kier molecular flexibility index (Phi) is 3.69. The number of nitrogens with two attached hydrogens (primary N) is 3. The highest BCUT2D eigenvalue weighted by atomic mass is 15.1. The highest BCUT2D eigenvalue weighted by molar-refractivity contribution is 6.01. The van der Waals surface area contributed by atoms with E-state index in [1.807, 2.05) is 43.3 Å². The Hall–Kier alpha value is -2.83. The van der Waals surface area contributed by atoms with E-state index in [-0.39, 0.29) is 11.9 Å². The zero-order valence-corrected chi connectivity index (χ0v) is 11.4. The number of pyridine rings is 1. The minimum atomic E-state index is -0.126. The second kappa shape index (κ2) is 5.43. The average molecular weight is 271 g/mol. The molecule has 1 aromatic carbocycles. The lowest BCUT2D eigenvalue weighted by atomic mass is 10.1. The first-order valence-electron chi connectivity index (χ1n) is 5.98. The molecule has 0 unspecified atom stereocenters. The van der Waals surface area contributed by atoms with E-state index in [9.17, 15) is 0 Å². The second-order valence-electron chi connectivity index (χ2n) is 4.40. The lowest BCUT2D eigenvalue weighted by molar-refractivity contribution is 1.13. The zero-order chi connectivity index (χ0) is 14.7. The number of guanidine groups is 2. The molecule has 20 heavy (non-hydrogen) atoms. The Labute approximate surface area is 116 Å². The molecule has 6 N–H and O–H groups in total. The van der Waals surface area contributed by atoms with E-state index in [2.05, 4.69) is 15.0 Å². The summed E-state index contributed by atoms with van der Waals surface area (Å²) in [4.78, 5) is 14.3. The number of aliphatic imine (C=N–C) groups is 2. The largest absolute Gasteiger partial charge is 0.376 e. The Balaban J connectivity index is 2.62. The number of aromatic nitrogens is 1. The maximum Gasteiger partial charge on any atom is 0.223 e. The van der Waals surface area contributed by atoms with Gasteiger partial charge < -0.3 is 22.1 Å². The molecule has 0 spiro atoms. The molecule has 0 amide bonds. The van der Waals surface area contributed by atoms with Gasteiger partial charge in [0.2, 0.25) is 5.96 Å². The lowest BCUT2D eigenvalue weighted by Gasteiger charge is -2.15. The molecule has 7 nitrogen and oxygen atoms in total. The van der Waals surface area contributed by atoms with Crippen LogP contribution in [0.2, 0.25) is 0 Å². The molecule has 104 valence electrons. The third-order valence-electron chi connectivity index (χ3n) is 2.69. The molecule has 0 atom stereocenters. The Morgan fingerprint density at radius 2 is 1.90 bits per heavy atom. The van der Waals surface area contributed by atoms with Gasteiger partial charge in [0.1, 0.15) is 0 Å². The van der Waals surface area contributed by atoms with Crippen molar-refractivity contribution in [1.82, 2.24) is 4.98 Å². The summed E-state index contributed by atoms with van der Waals surface area (Å²) in [5.41, 5.74) is 18.7. The first-order valence-corrected chi connectivity index (χ1v) is 5.98. The van der Waals surface area contributed by atoms with Crippen LogP contribution in [-0.2, 0) is 0 Å². The van der Waals surface area contributed by atoms with E-state index in [0.29, 0.717) is 5.69 Å². The Morgan fingerprint density at radius 3 is 2.55 bits per heavy atom. The van der Waals surface area contributed by atoms with Crippen LogP contribution < -0.4 is 22.1 Å². The fraction of sp³-hybridized carbons (Fsp3) is 0.154. The molecule has 0 aliphatic heterocycles. The fourth-order valence-corrected chi connectivity index (χ4v) is 1.88. The first kappa shape index (κ1) is 13.6. The number of anilines is 1. The van der Waals surface area contributed by atoms with Crippen molar-refractivity contribution in [1.29, 1.82) is 0 Å². The van der Waals surface area contributed by atoms with Gasteiger partial charge in [0.05, 0.1) is 16.9 Å².